The van der Waals surface area contributed by atoms with Gasteiger partial charge < -0.3 is 0 Å². The van der Waals surface area contributed by atoms with Gasteiger partial charge in [0, 0.05) is 11.1 Å². The van der Waals surface area contributed by atoms with Gasteiger partial charge in [-0.05, 0) is 30.3 Å². The maximum atomic E-state index is 13.2. The fourth-order valence-electron chi connectivity index (χ4n) is 2.07. The molecular formula is C15H8Cl2F2N4O3S. The summed E-state index contributed by atoms with van der Waals surface area (Å²) < 4.78 is 53.5. The summed E-state index contributed by atoms with van der Waals surface area (Å²) >= 11 is 11.8. The van der Waals surface area contributed by atoms with Crippen LogP contribution < -0.4 is 4.72 Å². The number of nitrogens with one attached hydrogen (secondary N) is 1. The van der Waals surface area contributed by atoms with Crippen molar-refractivity contribution in [2.24, 2.45) is 0 Å². The number of benzene rings is 2. The van der Waals surface area contributed by atoms with Gasteiger partial charge in [0.1, 0.15) is 11.6 Å². The van der Waals surface area contributed by atoms with Crippen molar-refractivity contribution < 1.29 is 22.0 Å². The van der Waals surface area contributed by atoms with Gasteiger partial charge >= 0.3 is 0 Å². The summed E-state index contributed by atoms with van der Waals surface area (Å²) in [5, 5.41) is 7.87. The van der Waals surface area contributed by atoms with Crippen LogP contribution in [0.15, 0.2) is 47.5 Å². The van der Waals surface area contributed by atoms with Gasteiger partial charge in [-0.3, -0.25) is 4.79 Å². The van der Waals surface area contributed by atoms with Crippen molar-refractivity contribution in [1.82, 2.24) is 19.7 Å². The quantitative estimate of drug-likeness (QED) is 0.683. The zero-order valence-electron chi connectivity index (χ0n) is 13.0. The summed E-state index contributed by atoms with van der Waals surface area (Å²) in [5.74, 6) is -3.35. The third-order valence-electron chi connectivity index (χ3n) is 3.26. The van der Waals surface area contributed by atoms with Crippen molar-refractivity contribution in [3.63, 3.8) is 0 Å². The maximum Gasteiger partial charge on any atom is 0.287 e. The van der Waals surface area contributed by atoms with E-state index in [2.05, 4.69) is 10.3 Å². The van der Waals surface area contributed by atoms with Gasteiger partial charge in [0.2, 0.25) is 0 Å². The van der Waals surface area contributed by atoms with E-state index in [1.165, 1.54) is 18.2 Å². The van der Waals surface area contributed by atoms with Crippen LogP contribution in [0.2, 0.25) is 10.0 Å². The Morgan fingerprint density at radius 3 is 2.37 bits per heavy atom. The minimum absolute atomic E-state index is 0.224. The van der Waals surface area contributed by atoms with Crippen LogP contribution >= 0.6 is 23.2 Å². The molecule has 27 heavy (non-hydrogen) atoms. The Morgan fingerprint density at radius 1 is 1.07 bits per heavy atom. The van der Waals surface area contributed by atoms with Gasteiger partial charge in [-0.15, -0.1) is 5.10 Å². The number of carbonyl (C=O) groups is 1. The number of sulfonamides is 1. The van der Waals surface area contributed by atoms with Crippen LogP contribution in [0.1, 0.15) is 10.5 Å². The zero-order chi connectivity index (χ0) is 19.8. The second kappa shape index (κ2) is 7.22. The molecule has 140 valence electrons. The third-order valence-corrected chi connectivity index (χ3v) is 5.10. The predicted molar refractivity (Wildman–Crippen MR) is 92.4 cm³/mol. The number of carbonyl (C=O) groups excluding carboxylic acids is 1. The van der Waals surface area contributed by atoms with Gasteiger partial charge in [-0.1, -0.05) is 28.4 Å². The molecule has 0 radical (unpaired) electrons. The standard InChI is InChI=1S/C15H8Cl2F2N4O3S/c16-8-1-2-14(12(17)3-8)23-7-13(20-22-23)15(24)21-27(25,26)11-5-9(18)4-10(19)6-11/h1-7H,(H,21,24). The summed E-state index contributed by atoms with van der Waals surface area (Å²) in [6.45, 7) is 0. The molecule has 0 fully saturated rings. The molecular weight excluding hydrogens is 425 g/mol. The molecule has 12 heteroatoms. The van der Waals surface area contributed by atoms with E-state index in [1.807, 2.05) is 0 Å². The Morgan fingerprint density at radius 2 is 1.74 bits per heavy atom. The Bertz CT molecular complexity index is 1130. The number of hydrogen-bond acceptors (Lipinski definition) is 5. The molecule has 1 N–H and O–H groups in total. The van der Waals surface area contributed by atoms with Crippen LogP contribution in [0.25, 0.3) is 5.69 Å². The Hall–Kier alpha value is -2.56. The van der Waals surface area contributed by atoms with Gasteiger partial charge in [-0.25, -0.2) is 26.6 Å². The zero-order valence-corrected chi connectivity index (χ0v) is 15.4. The topological polar surface area (TPSA) is 94.0 Å². The predicted octanol–water partition coefficient (Wildman–Crippen LogP) is 2.97. The molecule has 2 aromatic carbocycles. The highest BCUT2D eigenvalue weighted by molar-refractivity contribution is 7.90. The first-order valence-electron chi connectivity index (χ1n) is 7.07. The Balaban J connectivity index is 1.85. The molecule has 1 aromatic heterocycles. The fourth-order valence-corrected chi connectivity index (χ4v) is 3.57. The van der Waals surface area contributed by atoms with Crippen LogP contribution in [0, 0.1) is 11.6 Å². The average molecular weight is 433 g/mol. The normalized spacial score (nSPS) is 11.4. The summed E-state index contributed by atoms with van der Waals surface area (Å²) in [7, 11) is -4.52. The highest BCUT2D eigenvalue weighted by Crippen LogP contribution is 2.23. The van der Waals surface area contributed by atoms with Crippen molar-refractivity contribution in [3.8, 4) is 5.69 Å². The molecule has 3 rings (SSSR count). The molecule has 0 aliphatic rings. The van der Waals surface area contributed by atoms with Gasteiger partial charge in [0.15, 0.2) is 5.69 Å². The first-order chi connectivity index (χ1) is 12.7. The second-order valence-corrected chi connectivity index (χ2v) is 7.71. The molecule has 0 bridgehead atoms. The van der Waals surface area contributed by atoms with Gasteiger partial charge in [0.25, 0.3) is 15.9 Å². The molecule has 3 aromatic rings. The van der Waals surface area contributed by atoms with Crippen LogP contribution in [-0.4, -0.2) is 29.3 Å². The molecule has 7 nitrogen and oxygen atoms in total. The van der Waals surface area contributed by atoms with Crippen LogP contribution in [0.5, 0.6) is 0 Å². The smallest absolute Gasteiger partial charge is 0.266 e. The lowest BCUT2D eigenvalue weighted by molar-refractivity contribution is 0.0976. The van der Waals surface area contributed by atoms with Crippen LogP contribution in [0.3, 0.4) is 0 Å². The van der Waals surface area contributed by atoms with Crippen LogP contribution in [-0.2, 0) is 10.0 Å². The number of amides is 1. The van der Waals surface area contributed by atoms with E-state index in [9.17, 15) is 22.0 Å². The van der Waals surface area contributed by atoms with E-state index >= 15 is 0 Å². The average Bonchev–Trinajstić information content (AvgIpc) is 3.03. The molecule has 1 heterocycles. The number of hydrogen-bond donors (Lipinski definition) is 1. The number of nitrogens with zero attached hydrogens (tertiary/aromatic N) is 3. The minimum Gasteiger partial charge on any atom is -0.266 e. The van der Waals surface area contributed by atoms with E-state index in [1.54, 1.807) is 4.72 Å². The monoisotopic (exact) mass is 432 g/mol. The first-order valence-corrected chi connectivity index (χ1v) is 9.30. The highest BCUT2D eigenvalue weighted by Gasteiger charge is 2.22. The molecule has 0 saturated carbocycles. The minimum atomic E-state index is -4.52. The fraction of sp³-hybridized carbons (Fsp3) is 0. The molecule has 0 spiro atoms. The summed E-state index contributed by atoms with van der Waals surface area (Å²) in [5.41, 5.74) is -0.0101. The Kier molecular flexibility index (Phi) is 5.13. The molecule has 0 aliphatic carbocycles. The lowest BCUT2D eigenvalue weighted by Crippen LogP contribution is -2.31. The molecule has 0 aliphatic heterocycles. The second-order valence-electron chi connectivity index (χ2n) is 5.18. The number of halogens is 4. The highest BCUT2D eigenvalue weighted by atomic mass is 35.5. The van der Waals surface area contributed by atoms with Crippen molar-refractivity contribution in [2.45, 2.75) is 4.90 Å². The summed E-state index contributed by atoms with van der Waals surface area (Å²) in [6.07, 6.45) is 1.13. The SMILES string of the molecule is O=C(NS(=O)(=O)c1cc(F)cc(F)c1)c1cn(-c2ccc(Cl)cc2Cl)nn1. The number of aromatic nitrogens is 3. The third kappa shape index (κ3) is 4.24. The molecule has 1 amide bonds. The molecule has 0 unspecified atom stereocenters. The van der Waals surface area contributed by atoms with Crippen molar-refractivity contribution in [1.29, 1.82) is 0 Å². The number of rotatable bonds is 4. The van der Waals surface area contributed by atoms with Crippen molar-refractivity contribution in [2.75, 3.05) is 0 Å². The van der Waals surface area contributed by atoms with Crippen molar-refractivity contribution >= 4 is 39.1 Å². The van der Waals surface area contributed by atoms with Crippen molar-refractivity contribution in [3.05, 3.63) is 70.0 Å². The van der Waals surface area contributed by atoms with Gasteiger partial charge in [-0.2, -0.15) is 0 Å². The van der Waals surface area contributed by atoms with Crippen LogP contribution in [0.4, 0.5) is 8.78 Å². The van der Waals surface area contributed by atoms with E-state index < -0.39 is 32.5 Å². The maximum absolute atomic E-state index is 13.2. The van der Waals surface area contributed by atoms with E-state index in [0.717, 1.165) is 10.9 Å². The summed E-state index contributed by atoms with van der Waals surface area (Å²) in [6, 6.07) is 6.15. The molecule has 0 saturated heterocycles. The summed E-state index contributed by atoms with van der Waals surface area (Å²) in [4.78, 5) is 11.4. The Labute approximate surface area is 161 Å². The van der Waals surface area contributed by atoms with E-state index in [0.29, 0.717) is 28.9 Å². The molecule has 0 atom stereocenters. The van der Waals surface area contributed by atoms with E-state index in [4.69, 9.17) is 23.2 Å². The largest absolute Gasteiger partial charge is 0.287 e. The lowest BCUT2D eigenvalue weighted by Gasteiger charge is -2.06. The lowest BCUT2D eigenvalue weighted by atomic mass is 10.3. The first kappa shape index (κ1) is 19.2. The van der Waals surface area contributed by atoms with Gasteiger partial charge in [0.05, 0.1) is 21.8 Å². The van der Waals surface area contributed by atoms with E-state index in [-0.39, 0.29) is 10.7 Å².